The molecular formula is C12H22N2O. The van der Waals surface area contributed by atoms with Gasteiger partial charge in [-0.05, 0) is 32.6 Å². The normalized spacial score (nSPS) is 23.0. The van der Waals surface area contributed by atoms with E-state index in [4.69, 9.17) is 5.73 Å². The standard InChI is InChI=1S/C12H22N2O/c1-3-6-10(2)12(15)14-8-5-4-7-11(14)9-13/h6,11H,3-5,7-9,13H2,1-2H3/b10-6-/t11-/m0/s1. The van der Waals surface area contributed by atoms with Crippen molar-refractivity contribution in [1.29, 1.82) is 0 Å². The Morgan fingerprint density at radius 3 is 2.87 bits per heavy atom. The SMILES string of the molecule is CC/C=C(/C)C(=O)N1CCCC[C@H]1CN. The number of likely N-dealkylation sites (tertiary alicyclic amines) is 1. The topological polar surface area (TPSA) is 46.3 Å². The van der Waals surface area contributed by atoms with Crippen LogP contribution in [0.25, 0.3) is 0 Å². The molecule has 1 fully saturated rings. The van der Waals surface area contributed by atoms with Gasteiger partial charge in [-0.25, -0.2) is 0 Å². The van der Waals surface area contributed by atoms with Crippen molar-refractivity contribution in [1.82, 2.24) is 4.90 Å². The van der Waals surface area contributed by atoms with E-state index < -0.39 is 0 Å². The molecule has 1 heterocycles. The summed E-state index contributed by atoms with van der Waals surface area (Å²) in [6.07, 6.45) is 6.27. The molecule has 0 aromatic heterocycles. The fraction of sp³-hybridized carbons (Fsp3) is 0.750. The minimum absolute atomic E-state index is 0.173. The molecule has 0 unspecified atom stereocenters. The monoisotopic (exact) mass is 210 g/mol. The molecule has 15 heavy (non-hydrogen) atoms. The minimum Gasteiger partial charge on any atom is -0.335 e. The van der Waals surface area contributed by atoms with Crippen molar-refractivity contribution in [2.24, 2.45) is 5.73 Å². The molecule has 3 heteroatoms. The Morgan fingerprint density at radius 2 is 2.27 bits per heavy atom. The predicted molar refractivity (Wildman–Crippen MR) is 62.5 cm³/mol. The maximum Gasteiger partial charge on any atom is 0.249 e. The first kappa shape index (κ1) is 12.2. The van der Waals surface area contributed by atoms with E-state index >= 15 is 0 Å². The Morgan fingerprint density at radius 1 is 1.53 bits per heavy atom. The van der Waals surface area contributed by atoms with Crippen molar-refractivity contribution in [2.75, 3.05) is 13.1 Å². The summed E-state index contributed by atoms with van der Waals surface area (Å²) in [6.45, 7) is 5.40. The van der Waals surface area contributed by atoms with Crippen LogP contribution in [0.5, 0.6) is 0 Å². The molecule has 1 aliphatic heterocycles. The Kier molecular flexibility index (Phi) is 4.82. The average molecular weight is 210 g/mol. The molecule has 1 atom stereocenters. The highest BCUT2D eigenvalue weighted by Crippen LogP contribution is 2.18. The van der Waals surface area contributed by atoms with Crippen LogP contribution in [-0.2, 0) is 4.79 Å². The number of piperidine rings is 1. The van der Waals surface area contributed by atoms with Crippen LogP contribution in [0.15, 0.2) is 11.6 Å². The summed E-state index contributed by atoms with van der Waals surface area (Å²) >= 11 is 0. The largest absolute Gasteiger partial charge is 0.335 e. The predicted octanol–water partition coefficient (Wildman–Crippen LogP) is 1.68. The number of hydrogen-bond acceptors (Lipinski definition) is 2. The van der Waals surface area contributed by atoms with Crippen LogP contribution >= 0.6 is 0 Å². The molecule has 0 aromatic carbocycles. The molecule has 2 N–H and O–H groups in total. The third-order valence-corrected chi connectivity index (χ3v) is 3.01. The fourth-order valence-corrected chi connectivity index (χ4v) is 2.13. The maximum absolute atomic E-state index is 12.1. The van der Waals surface area contributed by atoms with Gasteiger partial charge >= 0.3 is 0 Å². The molecule has 0 spiro atoms. The molecule has 86 valence electrons. The summed E-state index contributed by atoms with van der Waals surface area (Å²) in [5.41, 5.74) is 6.55. The highest BCUT2D eigenvalue weighted by molar-refractivity contribution is 5.93. The lowest BCUT2D eigenvalue weighted by Crippen LogP contribution is -2.47. The van der Waals surface area contributed by atoms with E-state index in [-0.39, 0.29) is 11.9 Å². The summed E-state index contributed by atoms with van der Waals surface area (Å²) < 4.78 is 0. The zero-order valence-electron chi connectivity index (χ0n) is 9.83. The number of hydrogen-bond donors (Lipinski definition) is 1. The van der Waals surface area contributed by atoms with Gasteiger partial charge in [-0.1, -0.05) is 13.0 Å². The second-order valence-electron chi connectivity index (χ2n) is 4.18. The van der Waals surface area contributed by atoms with Gasteiger partial charge in [0.2, 0.25) is 5.91 Å². The highest BCUT2D eigenvalue weighted by Gasteiger charge is 2.25. The van der Waals surface area contributed by atoms with Crippen molar-refractivity contribution < 1.29 is 4.79 Å². The first-order valence-corrected chi connectivity index (χ1v) is 5.88. The van der Waals surface area contributed by atoms with Crippen molar-refractivity contribution >= 4 is 5.91 Å². The maximum atomic E-state index is 12.1. The Hall–Kier alpha value is -0.830. The third kappa shape index (κ3) is 3.06. The van der Waals surface area contributed by atoms with Gasteiger partial charge in [0.25, 0.3) is 0 Å². The van der Waals surface area contributed by atoms with Crippen LogP contribution in [0.2, 0.25) is 0 Å². The van der Waals surface area contributed by atoms with Gasteiger partial charge in [-0.15, -0.1) is 0 Å². The molecule has 0 saturated carbocycles. The summed E-state index contributed by atoms with van der Waals surface area (Å²) in [5.74, 6) is 0.173. The van der Waals surface area contributed by atoms with Crippen molar-refractivity contribution in [3.8, 4) is 0 Å². The minimum atomic E-state index is 0.173. The van der Waals surface area contributed by atoms with Gasteiger partial charge < -0.3 is 10.6 Å². The van der Waals surface area contributed by atoms with Crippen LogP contribution in [-0.4, -0.2) is 29.9 Å². The zero-order chi connectivity index (χ0) is 11.3. The van der Waals surface area contributed by atoms with Crippen LogP contribution in [0.1, 0.15) is 39.5 Å². The zero-order valence-corrected chi connectivity index (χ0v) is 9.83. The van der Waals surface area contributed by atoms with Gasteiger partial charge in [0.05, 0.1) is 0 Å². The number of allylic oxidation sites excluding steroid dienone is 1. The molecule has 0 bridgehead atoms. The lowest BCUT2D eigenvalue weighted by atomic mass is 10.0. The molecule has 0 radical (unpaired) electrons. The van der Waals surface area contributed by atoms with Gasteiger partial charge in [0.15, 0.2) is 0 Å². The number of nitrogens with two attached hydrogens (primary N) is 1. The van der Waals surface area contributed by atoms with Crippen LogP contribution in [0.4, 0.5) is 0 Å². The molecule has 0 aromatic rings. The van der Waals surface area contributed by atoms with E-state index in [1.165, 1.54) is 6.42 Å². The van der Waals surface area contributed by atoms with Gasteiger partial charge in [-0.2, -0.15) is 0 Å². The quantitative estimate of drug-likeness (QED) is 0.720. The Bertz CT molecular complexity index is 248. The lowest BCUT2D eigenvalue weighted by Gasteiger charge is -2.35. The fourth-order valence-electron chi connectivity index (χ4n) is 2.13. The summed E-state index contributed by atoms with van der Waals surface area (Å²) in [6, 6.07) is 0.256. The smallest absolute Gasteiger partial charge is 0.249 e. The number of rotatable bonds is 3. The molecule has 1 rings (SSSR count). The van der Waals surface area contributed by atoms with E-state index in [0.717, 1.165) is 31.4 Å². The molecule has 0 aliphatic carbocycles. The Labute approximate surface area is 92.3 Å². The van der Waals surface area contributed by atoms with Crippen molar-refractivity contribution in [2.45, 2.75) is 45.6 Å². The molecule has 1 aliphatic rings. The second kappa shape index (κ2) is 5.91. The van der Waals surface area contributed by atoms with Gasteiger partial charge in [0.1, 0.15) is 0 Å². The molecular weight excluding hydrogens is 188 g/mol. The Balaban J connectivity index is 2.67. The summed E-state index contributed by atoms with van der Waals surface area (Å²) in [5, 5.41) is 0. The van der Waals surface area contributed by atoms with E-state index in [9.17, 15) is 4.79 Å². The lowest BCUT2D eigenvalue weighted by molar-refractivity contribution is -0.130. The number of carbonyl (C=O) groups excluding carboxylic acids is 1. The van der Waals surface area contributed by atoms with E-state index in [1.807, 2.05) is 24.8 Å². The number of nitrogens with zero attached hydrogens (tertiary/aromatic N) is 1. The number of carbonyl (C=O) groups is 1. The average Bonchev–Trinajstić information content (AvgIpc) is 2.28. The molecule has 3 nitrogen and oxygen atoms in total. The van der Waals surface area contributed by atoms with E-state index in [1.54, 1.807) is 0 Å². The van der Waals surface area contributed by atoms with E-state index in [2.05, 4.69) is 0 Å². The number of amides is 1. The molecule has 1 saturated heterocycles. The van der Waals surface area contributed by atoms with Crippen LogP contribution < -0.4 is 5.73 Å². The van der Waals surface area contributed by atoms with Crippen LogP contribution in [0, 0.1) is 0 Å². The highest BCUT2D eigenvalue weighted by atomic mass is 16.2. The van der Waals surface area contributed by atoms with Crippen molar-refractivity contribution in [3.63, 3.8) is 0 Å². The molecule has 1 amide bonds. The first-order valence-electron chi connectivity index (χ1n) is 5.88. The van der Waals surface area contributed by atoms with Gasteiger partial charge in [0, 0.05) is 24.7 Å². The second-order valence-corrected chi connectivity index (χ2v) is 4.18. The van der Waals surface area contributed by atoms with Crippen molar-refractivity contribution in [3.05, 3.63) is 11.6 Å². The van der Waals surface area contributed by atoms with E-state index in [0.29, 0.717) is 6.54 Å². The summed E-state index contributed by atoms with van der Waals surface area (Å²) in [7, 11) is 0. The first-order chi connectivity index (χ1) is 7.20. The third-order valence-electron chi connectivity index (χ3n) is 3.01. The summed E-state index contributed by atoms with van der Waals surface area (Å²) in [4.78, 5) is 14.0. The van der Waals surface area contributed by atoms with Crippen LogP contribution in [0.3, 0.4) is 0 Å². The van der Waals surface area contributed by atoms with Gasteiger partial charge in [-0.3, -0.25) is 4.79 Å².